The maximum absolute atomic E-state index is 6.43. The number of hydrogen-bond acceptors (Lipinski definition) is 2. The van der Waals surface area contributed by atoms with E-state index >= 15 is 0 Å². The highest BCUT2D eigenvalue weighted by molar-refractivity contribution is 6.31. The lowest BCUT2D eigenvalue weighted by Crippen LogP contribution is -2.33. The smallest absolute Gasteiger partial charge is 0.0849 e. The van der Waals surface area contributed by atoms with Crippen LogP contribution in [0.5, 0.6) is 0 Å². The molecule has 3 nitrogen and oxygen atoms in total. The molecule has 0 aromatic carbocycles. The van der Waals surface area contributed by atoms with Crippen LogP contribution in [0.4, 0.5) is 0 Å². The van der Waals surface area contributed by atoms with Crippen molar-refractivity contribution in [2.24, 2.45) is 5.92 Å². The Bertz CT molecular complexity index is 373. The Morgan fingerprint density at radius 1 is 1.28 bits per heavy atom. The summed E-state index contributed by atoms with van der Waals surface area (Å²) in [4.78, 5) is 0. The second-order valence-electron chi connectivity index (χ2n) is 4.90. The standard InChI is InChI=1S/C14H26ClN3/c1-6-12-14(15)13(18(8-3)17-12)9-10(4)11(5)16-7-2/h10-11,16H,6-9H2,1-5H3. The van der Waals surface area contributed by atoms with Gasteiger partial charge in [-0.1, -0.05) is 32.4 Å². The Balaban J connectivity index is 2.85. The first-order valence-electron chi connectivity index (χ1n) is 7.02. The fourth-order valence-electron chi connectivity index (χ4n) is 2.22. The summed E-state index contributed by atoms with van der Waals surface area (Å²) in [5, 5.41) is 8.91. The summed E-state index contributed by atoms with van der Waals surface area (Å²) in [6, 6.07) is 0.497. The number of hydrogen-bond donors (Lipinski definition) is 1. The van der Waals surface area contributed by atoms with Gasteiger partial charge in [0.2, 0.25) is 0 Å². The van der Waals surface area contributed by atoms with Gasteiger partial charge in [0.05, 0.1) is 16.4 Å². The number of nitrogens with one attached hydrogen (secondary N) is 1. The third-order valence-corrected chi connectivity index (χ3v) is 4.03. The second kappa shape index (κ2) is 7.15. The van der Waals surface area contributed by atoms with E-state index in [9.17, 15) is 0 Å². The summed E-state index contributed by atoms with van der Waals surface area (Å²) in [6.45, 7) is 12.7. The van der Waals surface area contributed by atoms with Crippen LogP contribution < -0.4 is 5.32 Å². The van der Waals surface area contributed by atoms with Crippen molar-refractivity contribution in [3.8, 4) is 0 Å². The van der Waals surface area contributed by atoms with Gasteiger partial charge in [-0.25, -0.2) is 0 Å². The molecule has 0 aliphatic carbocycles. The minimum Gasteiger partial charge on any atom is -0.314 e. The quantitative estimate of drug-likeness (QED) is 0.825. The van der Waals surface area contributed by atoms with E-state index < -0.39 is 0 Å². The van der Waals surface area contributed by atoms with E-state index in [1.807, 2.05) is 0 Å². The maximum Gasteiger partial charge on any atom is 0.0849 e. The summed E-state index contributed by atoms with van der Waals surface area (Å²) in [5.41, 5.74) is 2.21. The van der Waals surface area contributed by atoms with E-state index in [0.717, 1.165) is 36.6 Å². The Morgan fingerprint density at radius 2 is 1.94 bits per heavy atom. The lowest BCUT2D eigenvalue weighted by atomic mass is 9.97. The minimum absolute atomic E-state index is 0.497. The summed E-state index contributed by atoms with van der Waals surface area (Å²) in [7, 11) is 0. The fourth-order valence-corrected chi connectivity index (χ4v) is 2.56. The van der Waals surface area contributed by atoms with E-state index in [4.69, 9.17) is 11.6 Å². The van der Waals surface area contributed by atoms with Crippen LogP contribution in [0.1, 0.15) is 46.0 Å². The topological polar surface area (TPSA) is 29.9 Å². The molecule has 2 atom stereocenters. The molecule has 1 heterocycles. The number of rotatable bonds is 7. The van der Waals surface area contributed by atoms with Crippen LogP contribution in [-0.2, 0) is 19.4 Å². The highest BCUT2D eigenvalue weighted by Gasteiger charge is 2.19. The molecule has 0 saturated carbocycles. The van der Waals surface area contributed by atoms with Crippen molar-refractivity contribution in [3.63, 3.8) is 0 Å². The third-order valence-electron chi connectivity index (χ3n) is 3.59. The van der Waals surface area contributed by atoms with Crippen molar-refractivity contribution in [2.75, 3.05) is 6.54 Å². The van der Waals surface area contributed by atoms with Crippen LogP contribution >= 0.6 is 11.6 Å². The monoisotopic (exact) mass is 271 g/mol. The number of halogens is 1. The molecule has 0 aliphatic rings. The average Bonchev–Trinajstić information content (AvgIpc) is 2.66. The van der Waals surface area contributed by atoms with Crippen LogP contribution in [0.25, 0.3) is 0 Å². The molecule has 1 aromatic rings. The summed E-state index contributed by atoms with van der Waals surface area (Å²) in [6.07, 6.45) is 1.88. The molecular weight excluding hydrogens is 246 g/mol. The molecule has 18 heavy (non-hydrogen) atoms. The molecule has 2 unspecified atom stereocenters. The average molecular weight is 272 g/mol. The van der Waals surface area contributed by atoms with Gasteiger partial charge in [-0.2, -0.15) is 5.10 Å². The lowest BCUT2D eigenvalue weighted by molar-refractivity contribution is 0.396. The van der Waals surface area contributed by atoms with Crippen molar-refractivity contribution in [2.45, 2.75) is 60.0 Å². The second-order valence-corrected chi connectivity index (χ2v) is 5.28. The molecule has 0 spiro atoms. The summed E-state index contributed by atoms with van der Waals surface area (Å²) < 4.78 is 2.05. The molecule has 1 rings (SSSR count). The van der Waals surface area contributed by atoms with Gasteiger partial charge in [0.1, 0.15) is 0 Å². The normalized spacial score (nSPS) is 14.8. The molecule has 104 valence electrons. The molecule has 0 radical (unpaired) electrons. The van der Waals surface area contributed by atoms with Gasteiger partial charge in [-0.3, -0.25) is 4.68 Å². The molecule has 0 aliphatic heterocycles. The lowest BCUT2D eigenvalue weighted by Gasteiger charge is -2.21. The van der Waals surface area contributed by atoms with Crippen molar-refractivity contribution in [1.29, 1.82) is 0 Å². The van der Waals surface area contributed by atoms with Crippen molar-refractivity contribution < 1.29 is 0 Å². The molecule has 1 N–H and O–H groups in total. The Hall–Kier alpha value is -0.540. The van der Waals surface area contributed by atoms with Gasteiger partial charge < -0.3 is 5.32 Å². The minimum atomic E-state index is 0.497. The SMILES string of the molecule is CCNC(C)C(C)Cc1c(Cl)c(CC)nn1CC. The Kier molecular flexibility index (Phi) is 6.16. The highest BCUT2D eigenvalue weighted by atomic mass is 35.5. The van der Waals surface area contributed by atoms with Gasteiger partial charge in [0, 0.05) is 12.6 Å². The number of aromatic nitrogens is 2. The van der Waals surface area contributed by atoms with E-state index in [1.165, 1.54) is 5.69 Å². The van der Waals surface area contributed by atoms with E-state index in [-0.39, 0.29) is 0 Å². The largest absolute Gasteiger partial charge is 0.314 e. The first-order valence-corrected chi connectivity index (χ1v) is 7.40. The molecule has 0 amide bonds. The Labute approximate surface area is 116 Å². The van der Waals surface area contributed by atoms with Crippen molar-refractivity contribution in [1.82, 2.24) is 15.1 Å². The fraction of sp³-hybridized carbons (Fsp3) is 0.786. The van der Waals surface area contributed by atoms with Crippen molar-refractivity contribution >= 4 is 11.6 Å². The van der Waals surface area contributed by atoms with Gasteiger partial charge >= 0.3 is 0 Å². The molecule has 0 fully saturated rings. The van der Waals surface area contributed by atoms with Gasteiger partial charge in [0.15, 0.2) is 0 Å². The van der Waals surface area contributed by atoms with Crippen LogP contribution in [0, 0.1) is 5.92 Å². The van der Waals surface area contributed by atoms with Crippen molar-refractivity contribution in [3.05, 3.63) is 16.4 Å². The maximum atomic E-state index is 6.43. The number of nitrogens with zero attached hydrogens (tertiary/aromatic N) is 2. The third kappa shape index (κ3) is 3.48. The van der Waals surface area contributed by atoms with E-state index in [0.29, 0.717) is 12.0 Å². The zero-order valence-electron chi connectivity index (χ0n) is 12.3. The first kappa shape index (κ1) is 15.5. The zero-order chi connectivity index (χ0) is 13.7. The summed E-state index contributed by atoms with van der Waals surface area (Å²) in [5.74, 6) is 0.550. The van der Waals surface area contributed by atoms with Gasteiger partial charge in [0.25, 0.3) is 0 Å². The van der Waals surface area contributed by atoms with E-state index in [2.05, 4.69) is 49.7 Å². The van der Waals surface area contributed by atoms with Crippen LogP contribution in [0.3, 0.4) is 0 Å². The molecule has 0 saturated heterocycles. The highest BCUT2D eigenvalue weighted by Crippen LogP contribution is 2.25. The van der Waals surface area contributed by atoms with E-state index in [1.54, 1.807) is 0 Å². The molecular formula is C14H26ClN3. The Morgan fingerprint density at radius 3 is 2.44 bits per heavy atom. The predicted octanol–water partition coefficient (Wildman–Crippen LogP) is 3.30. The zero-order valence-corrected chi connectivity index (χ0v) is 13.0. The number of aryl methyl sites for hydroxylation is 2. The van der Waals surface area contributed by atoms with Gasteiger partial charge in [-0.15, -0.1) is 0 Å². The molecule has 4 heteroatoms. The van der Waals surface area contributed by atoms with Crippen LogP contribution in [0.15, 0.2) is 0 Å². The first-order chi connectivity index (χ1) is 8.54. The predicted molar refractivity (Wildman–Crippen MR) is 78.3 cm³/mol. The van der Waals surface area contributed by atoms with Crippen LogP contribution in [0.2, 0.25) is 5.02 Å². The van der Waals surface area contributed by atoms with Crippen LogP contribution in [-0.4, -0.2) is 22.4 Å². The van der Waals surface area contributed by atoms with Gasteiger partial charge in [-0.05, 0) is 39.2 Å². The molecule has 1 aromatic heterocycles. The summed E-state index contributed by atoms with van der Waals surface area (Å²) >= 11 is 6.43. The molecule has 0 bridgehead atoms.